The van der Waals surface area contributed by atoms with Crippen LogP contribution in [-0.4, -0.2) is 22.0 Å². The molecular weight excluding hydrogens is 348 g/mol. The fraction of sp³-hybridized carbons (Fsp3) is 0. The molecule has 7 heteroatoms. The summed E-state index contributed by atoms with van der Waals surface area (Å²) in [5.74, 6) is -1.52. The summed E-state index contributed by atoms with van der Waals surface area (Å²) < 4.78 is 0. The number of hydrogen-bond donors (Lipinski definition) is 2. The molecule has 1 amide bonds. The summed E-state index contributed by atoms with van der Waals surface area (Å²) in [5.41, 5.74) is 1.66. The Bertz CT molecular complexity index is 892. The minimum atomic E-state index is -1.11. The Hall–Kier alpha value is -2.70. The van der Waals surface area contributed by atoms with Crippen molar-refractivity contribution in [3.05, 3.63) is 70.3 Å². The summed E-state index contributed by atoms with van der Waals surface area (Å²) in [6.07, 6.45) is 2.98. The average molecular weight is 359 g/mol. The first-order valence-electron chi connectivity index (χ1n) is 6.88. The lowest BCUT2D eigenvalue weighted by Gasteiger charge is -2.06. The van der Waals surface area contributed by atoms with Crippen LogP contribution in [0.1, 0.15) is 20.7 Å². The van der Waals surface area contributed by atoms with E-state index in [9.17, 15) is 14.7 Å². The van der Waals surface area contributed by atoms with Gasteiger partial charge >= 0.3 is 5.97 Å². The van der Waals surface area contributed by atoms with E-state index in [0.717, 1.165) is 16.9 Å². The molecule has 0 saturated carbocycles. The first kappa shape index (κ1) is 16.2. The number of halogens is 1. The van der Waals surface area contributed by atoms with Gasteiger partial charge in [-0.05, 0) is 29.8 Å². The van der Waals surface area contributed by atoms with Gasteiger partial charge in [-0.3, -0.25) is 9.78 Å². The second-order valence-corrected chi connectivity index (χ2v) is 6.18. The molecule has 2 aromatic heterocycles. The largest absolute Gasteiger partial charge is 0.478 e. The van der Waals surface area contributed by atoms with E-state index in [0.29, 0.717) is 16.1 Å². The summed E-state index contributed by atoms with van der Waals surface area (Å²) in [4.78, 5) is 27.8. The molecule has 24 heavy (non-hydrogen) atoms. The third-order valence-corrected chi connectivity index (χ3v) is 4.46. The number of thiophene rings is 1. The number of aromatic carboxylic acids is 1. The third-order valence-electron chi connectivity index (χ3n) is 3.31. The Morgan fingerprint density at radius 2 is 1.92 bits per heavy atom. The number of hydrogen-bond acceptors (Lipinski definition) is 4. The van der Waals surface area contributed by atoms with Crippen LogP contribution in [-0.2, 0) is 0 Å². The lowest BCUT2D eigenvalue weighted by atomic mass is 10.0. The Morgan fingerprint density at radius 1 is 1.17 bits per heavy atom. The van der Waals surface area contributed by atoms with Gasteiger partial charge in [0, 0.05) is 28.4 Å². The molecule has 3 aromatic rings. The quantitative estimate of drug-likeness (QED) is 0.723. The van der Waals surface area contributed by atoms with Gasteiger partial charge in [0.05, 0.1) is 5.56 Å². The van der Waals surface area contributed by atoms with Crippen molar-refractivity contribution >= 4 is 39.8 Å². The standard InChI is InChI=1S/C17H11ClN2O3S/c18-12-5-3-10(4-6-12)13-9-24-16(14(13)17(22)23)20-15(21)11-2-1-7-19-8-11/h1-9H,(H,20,21)(H,22,23). The maximum atomic E-state index is 12.2. The number of rotatable bonds is 4. The van der Waals surface area contributed by atoms with Gasteiger partial charge in [-0.15, -0.1) is 11.3 Å². The Labute approximate surface area is 146 Å². The van der Waals surface area contributed by atoms with Crippen molar-refractivity contribution < 1.29 is 14.7 Å². The minimum Gasteiger partial charge on any atom is -0.478 e. The van der Waals surface area contributed by atoms with E-state index >= 15 is 0 Å². The molecule has 0 atom stereocenters. The summed E-state index contributed by atoms with van der Waals surface area (Å²) in [6.45, 7) is 0. The lowest BCUT2D eigenvalue weighted by molar-refractivity contribution is 0.0699. The van der Waals surface area contributed by atoms with E-state index in [1.165, 1.54) is 6.20 Å². The number of nitrogens with one attached hydrogen (secondary N) is 1. The molecular formula is C17H11ClN2O3S. The molecule has 0 radical (unpaired) electrons. The van der Waals surface area contributed by atoms with Gasteiger partial charge in [0.15, 0.2) is 0 Å². The summed E-state index contributed by atoms with van der Waals surface area (Å²) >= 11 is 7.03. The first-order chi connectivity index (χ1) is 11.6. The number of nitrogens with zero attached hydrogens (tertiary/aromatic N) is 1. The predicted octanol–water partition coefficient (Wildman–Crippen LogP) is 4.41. The molecule has 0 aliphatic rings. The zero-order chi connectivity index (χ0) is 17.1. The number of aromatic nitrogens is 1. The molecule has 0 spiro atoms. The van der Waals surface area contributed by atoms with Gasteiger partial charge in [-0.2, -0.15) is 0 Å². The molecule has 3 rings (SSSR count). The zero-order valence-corrected chi connectivity index (χ0v) is 13.8. The van der Waals surface area contributed by atoms with Gasteiger partial charge in [0.1, 0.15) is 10.6 Å². The number of carbonyl (C=O) groups is 2. The van der Waals surface area contributed by atoms with Crippen LogP contribution in [0.2, 0.25) is 5.02 Å². The number of benzene rings is 1. The molecule has 0 unspecified atom stereocenters. The summed E-state index contributed by atoms with van der Waals surface area (Å²) in [6, 6.07) is 10.1. The molecule has 2 heterocycles. The predicted molar refractivity (Wildman–Crippen MR) is 93.9 cm³/mol. The second kappa shape index (κ2) is 6.82. The highest BCUT2D eigenvalue weighted by Crippen LogP contribution is 2.36. The maximum Gasteiger partial charge on any atom is 0.339 e. The number of amides is 1. The smallest absolute Gasteiger partial charge is 0.339 e. The van der Waals surface area contributed by atoms with Crippen LogP contribution in [0, 0.1) is 0 Å². The van der Waals surface area contributed by atoms with E-state index in [1.807, 2.05) is 0 Å². The van der Waals surface area contributed by atoms with Gasteiger partial charge in [-0.25, -0.2) is 4.79 Å². The van der Waals surface area contributed by atoms with Crippen molar-refractivity contribution in [3.63, 3.8) is 0 Å². The normalized spacial score (nSPS) is 10.4. The molecule has 5 nitrogen and oxygen atoms in total. The van der Waals surface area contributed by atoms with Crippen molar-refractivity contribution in [1.82, 2.24) is 4.98 Å². The molecule has 0 aliphatic heterocycles. The average Bonchev–Trinajstić information content (AvgIpc) is 3.00. The van der Waals surface area contributed by atoms with Gasteiger partial charge in [-0.1, -0.05) is 23.7 Å². The zero-order valence-electron chi connectivity index (χ0n) is 12.2. The van der Waals surface area contributed by atoms with E-state index in [1.54, 1.807) is 48.0 Å². The number of carboxylic acid groups (broad SMARTS) is 1. The van der Waals surface area contributed by atoms with E-state index in [2.05, 4.69) is 10.3 Å². The molecule has 0 bridgehead atoms. The molecule has 120 valence electrons. The molecule has 0 saturated heterocycles. The highest BCUT2D eigenvalue weighted by atomic mass is 35.5. The fourth-order valence-electron chi connectivity index (χ4n) is 2.18. The van der Waals surface area contributed by atoms with E-state index in [4.69, 9.17) is 11.6 Å². The van der Waals surface area contributed by atoms with Crippen LogP contribution >= 0.6 is 22.9 Å². The number of pyridine rings is 1. The first-order valence-corrected chi connectivity index (χ1v) is 8.14. The number of carbonyl (C=O) groups excluding carboxylic acids is 1. The van der Waals surface area contributed by atoms with E-state index in [-0.39, 0.29) is 10.6 Å². The molecule has 1 aromatic carbocycles. The minimum absolute atomic E-state index is 0.0552. The Kier molecular flexibility index (Phi) is 4.59. The van der Waals surface area contributed by atoms with Crippen molar-refractivity contribution in [2.45, 2.75) is 0 Å². The second-order valence-electron chi connectivity index (χ2n) is 4.86. The van der Waals surface area contributed by atoms with E-state index < -0.39 is 11.9 Å². The van der Waals surface area contributed by atoms with Crippen LogP contribution in [0.25, 0.3) is 11.1 Å². The monoisotopic (exact) mass is 358 g/mol. The van der Waals surface area contributed by atoms with Crippen molar-refractivity contribution in [2.24, 2.45) is 0 Å². The fourth-order valence-corrected chi connectivity index (χ4v) is 3.26. The lowest BCUT2D eigenvalue weighted by Crippen LogP contribution is -2.13. The van der Waals surface area contributed by atoms with Gasteiger partial charge in [0.2, 0.25) is 0 Å². The van der Waals surface area contributed by atoms with Crippen LogP contribution in [0.3, 0.4) is 0 Å². The van der Waals surface area contributed by atoms with Crippen LogP contribution in [0.5, 0.6) is 0 Å². The van der Waals surface area contributed by atoms with Crippen molar-refractivity contribution in [1.29, 1.82) is 0 Å². The summed E-state index contributed by atoms with van der Waals surface area (Å²) in [7, 11) is 0. The third kappa shape index (κ3) is 3.29. The van der Waals surface area contributed by atoms with Crippen LogP contribution in [0.15, 0.2) is 54.2 Å². The van der Waals surface area contributed by atoms with Crippen LogP contribution in [0.4, 0.5) is 5.00 Å². The number of anilines is 1. The van der Waals surface area contributed by atoms with Crippen LogP contribution < -0.4 is 5.32 Å². The van der Waals surface area contributed by atoms with Crippen molar-refractivity contribution in [2.75, 3.05) is 5.32 Å². The molecule has 2 N–H and O–H groups in total. The highest BCUT2D eigenvalue weighted by Gasteiger charge is 2.21. The maximum absolute atomic E-state index is 12.2. The van der Waals surface area contributed by atoms with Crippen molar-refractivity contribution in [3.8, 4) is 11.1 Å². The summed E-state index contributed by atoms with van der Waals surface area (Å²) in [5, 5.41) is 14.7. The Morgan fingerprint density at radius 3 is 2.54 bits per heavy atom. The topological polar surface area (TPSA) is 79.3 Å². The molecule has 0 aliphatic carbocycles. The Balaban J connectivity index is 1.96. The molecule has 0 fully saturated rings. The van der Waals surface area contributed by atoms with Gasteiger partial charge in [0.25, 0.3) is 5.91 Å². The highest BCUT2D eigenvalue weighted by molar-refractivity contribution is 7.15. The SMILES string of the molecule is O=C(Nc1scc(-c2ccc(Cl)cc2)c1C(=O)O)c1cccnc1. The van der Waals surface area contributed by atoms with Gasteiger partial charge < -0.3 is 10.4 Å². The number of carboxylic acids is 1.